The van der Waals surface area contributed by atoms with E-state index in [0.29, 0.717) is 6.54 Å². The van der Waals surface area contributed by atoms with Gasteiger partial charge in [0.25, 0.3) is 0 Å². The maximum absolute atomic E-state index is 4.65. The van der Waals surface area contributed by atoms with E-state index < -0.39 is 0 Å². The van der Waals surface area contributed by atoms with E-state index >= 15 is 0 Å². The lowest BCUT2D eigenvalue weighted by molar-refractivity contribution is 0.407. The fourth-order valence-electron chi connectivity index (χ4n) is 1.95. The molecular formula is C13H21N3S2. The van der Waals surface area contributed by atoms with Crippen molar-refractivity contribution in [2.45, 2.75) is 52.1 Å². The number of aliphatic imine (C=N–C) groups is 1. The van der Waals surface area contributed by atoms with Gasteiger partial charge in [-0.15, -0.1) is 11.3 Å². The highest BCUT2D eigenvalue weighted by Crippen LogP contribution is 2.29. The van der Waals surface area contributed by atoms with Crippen LogP contribution in [0.15, 0.2) is 11.2 Å². The minimum atomic E-state index is 0.265. The molecule has 2 rings (SSSR count). The molecule has 1 saturated heterocycles. The van der Waals surface area contributed by atoms with Gasteiger partial charge in [-0.1, -0.05) is 32.5 Å². The molecule has 1 aliphatic heterocycles. The van der Waals surface area contributed by atoms with E-state index in [-0.39, 0.29) is 5.54 Å². The highest BCUT2D eigenvalue weighted by Gasteiger charge is 2.33. The molecule has 0 atom stereocenters. The van der Waals surface area contributed by atoms with Crippen molar-refractivity contribution in [1.29, 1.82) is 0 Å². The van der Waals surface area contributed by atoms with Crippen molar-refractivity contribution in [1.82, 2.24) is 10.3 Å². The largest absolute Gasteiger partial charge is 0.359 e. The standard InChI is InChI=1S/C13H21N3S2/c1-4-10-7-14-11(18-10)8-15-12-16-13(5-2,6-3)9-17-12/h7H,4-6,8-9H2,1-3H3,(H,15,16). The minimum Gasteiger partial charge on any atom is -0.359 e. The minimum absolute atomic E-state index is 0.265. The first kappa shape index (κ1) is 13.9. The number of aryl methyl sites for hydroxylation is 1. The quantitative estimate of drug-likeness (QED) is 0.899. The summed E-state index contributed by atoms with van der Waals surface area (Å²) in [5.74, 6) is 1.14. The second-order valence-corrected chi connectivity index (χ2v) is 6.76. The lowest BCUT2D eigenvalue weighted by atomic mass is 9.96. The van der Waals surface area contributed by atoms with Gasteiger partial charge < -0.3 is 5.32 Å². The average Bonchev–Trinajstić information content (AvgIpc) is 3.03. The van der Waals surface area contributed by atoms with Crippen LogP contribution >= 0.6 is 23.1 Å². The van der Waals surface area contributed by atoms with E-state index in [4.69, 9.17) is 0 Å². The molecular weight excluding hydrogens is 262 g/mol. The van der Waals surface area contributed by atoms with E-state index in [1.807, 2.05) is 18.0 Å². The lowest BCUT2D eigenvalue weighted by Crippen LogP contribution is -2.42. The Labute approximate surface area is 118 Å². The van der Waals surface area contributed by atoms with Gasteiger partial charge >= 0.3 is 0 Å². The van der Waals surface area contributed by atoms with Gasteiger partial charge in [-0.2, -0.15) is 0 Å². The van der Waals surface area contributed by atoms with Crippen LogP contribution in [-0.4, -0.2) is 21.4 Å². The molecule has 5 heteroatoms. The Bertz CT molecular complexity index is 422. The van der Waals surface area contributed by atoms with Crippen molar-refractivity contribution >= 4 is 28.3 Å². The van der Waals surface area contributed by atoms with E-state index in [0.717, 1.165) is 35.2 Å². The summed E-state index contributed by atoms with van der Waals surface area (Å²) in [5.41, 5.74) is 0.265. The predicted molar refractivity (Wildman–Crippen MR) is 81.5 cm³/mol. The summed E-state index contributed by atoms with van der Waals surface area (Å²) in [6, 6.07) is 0. The normalized spacial score (nSPS) is 20.3. The zero-order valence-corrected chi connectivity index (χ0v) is 13.0. The third kappa shape index (κ3) is 3.06. The predicted octanol–water partition coefficient (Wildman–Crippen LogP) is 3.46. The number of nitrogens with zero attached hydrogens (tertiary/aromatic N) is 2. The first-order chi connectivity index (χ1) is 8.71. The fraction of sp³-hybridized carbons (Fsp3) is 0.692. The highest BCUT2D eigenvalue weighted by molar-refractivity contribution is 8.14. The van der Waals surface area contributed by atoms with Crippen LogP contribution in [0.4, 0.5) is 0 Å². The summed E-state index contributed by atoms with van der Waals surface area (Å²) in [5, 5.41) is 5.79. The first-order valence-corrected chi connectivity index (χ1v) is 8.40. The Morgan fingerprint density at radius 1 is 1.39 bits per heavy atom. The zero-order chi connectivity index (χ0) is 13.0. The van der Waals surface area contributed by atoms with Gasteiger partial charge in [0.05, 0.1) is 6.54 Å². The molecule has 0 amide bonds. The summed E-state index contributed by atoms with van der Waals surface area (Å²) in [6.45, 7) is 7.36. The molecule has 0 bridgehead atoms. The van der Waals surface area contributed by atoms with Crippen LogP contribution in [0.2, 0.25) is 0 Å². The fourth-order valence-corrected chi connectivity index (χ4v) is 4.07. The lowest BCUT2D eigenvalue weighted by Gasteiger charge is -2.25. The van der Waals surface area contributed by atoms with Crippen LogP contribution in [0.5, 0.6) is 0 Å². The van der Waals surface area contributed by atoms with Gasteiger partial charge in [0.1, 0.15) is 5.01 Å². The van der Waals surface area contributed by atoms with Crippen molar-refractivity contribution < 1.29 is 0 Å². The van der Waals surface area contributed by atoms with Crippen LogP contribution in [-0.2, 0) is 13.0 Å². The van der Waals surface area contributed by atoms with Crippen molar-refractivity contribution in [3.8, 4) is 0 Å². The number of amidine groups is 1. The van der Waals surface area contributed by atoms with Crippen molar-refractivity contribution in [3.63, 3.8) is 0 Å². The van der Waals surface area contributed by atoms with Crippen LogP contribution in [0.1, 0.15) is 43.5 Å². The monoisotopic (exact) mass is 283 g/mol. The molecule has 0 aromatic carbocycles. The van der Waals surface area contributed by atoms with Crippen molar-refractivity contribution in [3.05, 3.63) is 16.1 Å². The molecule has 0 saturated carbocycles. The molecule has 18 heavy (non-hydrogen) atoms. The van der Waals surface area contributed by atoms with Gasteiger partial charge in [-0.05, 0) is 19.3 Å². The number of nitrogens with one attached hydrogen (secondary N) is 1. The molecule has 1 fully saturated rings. The van der Waals surface area contributed by atoms with Gasteiger partial charge in [0, 0.05) is 22.4 Å². The van der Waals surface area contributed by atoms with Crippen LogP contribution in [0.3, 0.4) is 0 Å². The van der Waals surface area contributed by atoms with Crippen molar-refractivity contribution in [2.75, 3.05) is 5.75 Å². The summed E-state index contributed by atoms with van der Waals surface area (Å²) in [6.07, 6.45) is 5.35. The van der Waals surface area contributed by atoms with E-state index in [9.17, 15) is 0 Å². The number of hydrogen-bond donors (Lipinski definition) is 1. The number of rotatable bonds is 5. The Kier molecular flexibility index (Phi) is 4.67. The average molecular weight is 283 g/mol. The summed E-state index contributed by atoms with van der Waals surface area (Å²) in [7, 11) is 0. The number of hydrogen-bond acceptors (Lipinski definition) is 4. The second kappa shape index (κ2) is 6.06. The zero-order valence-electron chi connectivity index (χ0n) is 11.3. The summed E-state index contributed by atoms with van der Waals surface area (Å²) < 4.78 is 0. The molecule has 0 radical (unpaired) electrons. The Morgan fingerprint density at radius 2 is 2.17 bits per heavy atom. The van der Waals surface area contributed by atoms with Gasteiger partial charge in [-0.25, -0.2) is 4.98 Å². The highest BCUT2D eigenvalue weighted by atomic mass is 32.2. The Morgan fingerprint density at radius 3 is 2.72 bits per heavy atom. The molecule has 1 aromatic heterocycles. The molecule has 0 aliphatic carbocycles. The third-order valence-corrected chi connectivity index (χ3v) is 5.85. The van der Waals surface area contributed by atoms with Crippen LogP contribution < -0.4 is 5.32 Å². The van der Waals surface area contributed by atoms with E-state index in [1.165, 1.54) is 4.88 Å². The summed E-state index contributed by atoms with van der Waals surface area (Å²) in [4.78, 5) is 10.4. The second-order valence-electron chi connectivity index (χ2n) is 4.60. The third-order valence-electron chi connectivity index (χ3n) is 3.52. The number of thioether (sulfide) groups is 1. The Balaban J connectivity index is 1.95. The maximum atomic E-state index is 4.65. The van der Waals surface area contributed by atoms with Gasteiger partial charge in [0.2, 0.25) is 0 Å². The molecule has 3 nitrogen and oxygen atoms in total. The smallest absolute Gasteiger partial charge is 0.157 e. The topological polar surface area (TPSA) is 37.3 Å². The van der Waals surface area contributed by atoms with Crippen LogP contribution in [0, 0.1) is 0 Å². The van der Waals surface area contributed by atoms with Crippen LogP contribution in [0.25, 0.3) is 0 Å². The number of aromatic nitrogens is 1. The van der Waals surface area contributed by atoms with E-state index in [1.54, 1.807) is 11.3 Å². The molecule has 1 aromatic rings. The Hall–Kier alpha value is -0.550. The van der Waals surface area contributed by atoms with Gasteiger partial charge in [0.15, 0.2) is 5.17 Å². The molecule has 100 valence electrons. The van der Waals surface area contributed by atoms with Crippen molar-refractivity contribution in [2.24, 2.45) is 4.99 Å². The molecule has 1 aliphatic rings. The molecule has 2 heterocycles. The molecule has 0 spiro atoms. The molecule has 1 N–H and O–H groups in total. The van der Waals surface area contributed by atoms with Gasteiger partial charge in [-0.3, -0.25) is 4.99 Å². The first-order valence-electron chi connectivity index (χ1n) is 6.60. The summed E-state index contributed by atoms with van der Waals surface area (Å²) >= 11 is 3.62. The SMILES string of the molecule is CCc1cnc(CN=C2NC(CC)(CC)CS2)s1. The molecule has 0 unspecified atom stereocenters. The van der Waals surface area contributed by atoms with E-state index in [2.05, 4.69) is 36.1 Å². The number of thiazole rings is 1. The maximum Gasteiger partial charge on any atom is 0.157 e.